The molecule has 5 heteroatoms. The fourth-order valence-corrected chi connectivity index (χ4v) is 1.12. The van der Waals surface area contributed by atoms with Gasteiger partial charge in [-0.2, -0.15) is 5.26 Å². The van der Waals surface area contributed by atoms with Gasteiger partial charge in [-0.1, -0.05) is 0 Å². The largest absolute Gasteiger partial charge is 0.508 e. The molecule has 5 nitrogen and oxygen atoms in total. The van der Waals surface area contributed by atoms with Crippen LogP contribution in [-0.2, 0) is 0 Å². The van der Waals surface area contributed by atoms with Crippen LogP contribution in [0, 0.1) is 17.2 Å². The number of phenolic OH excluding ortho intramolecular Hbond substituents is 2. The molecule has 1 atom stereocenters. The number of nitrogens with one attached hydrogen (secondary N) is 1. The molecular formula is C11H12N2O3. The second kappa shape index (κ2) is 5.03. The maximum Gasteiger partial charge on any atom is 0.251 e. The summed E-state index contributed by atoms with van der Waals surface area (Å²) in [5, 5.41) is 29.4. The molecule has 0 aliphatic carbocycles. The maximum atomic E-state index is 11.5. The molecule has 16 heavy (non-hydrogen) atoms. The van der Waals surface area contributed by atoms with Crippen LogP contribution in [0.4, 0.5) is 0 Å². The van der Waals surface area contributed by atoms with Gasteiger partial charge in [-0.05, 0) is 19.1 Å². The summed E-state index contributed by atoms with van der Waals surface area (Å²) in [6, 6.07) is 5.60. The molecule has 1 aromatic carbocycles. The molecule has 0 heterocycles. The van der Waals surface area contributed by atoms with E-state index in [0.29, 0.717) is 0 Å². The van der Waals surface area contributed by atoms with Crippen molar-refractivity contribution >= 4 is 5.91 Å². The van der Waals surface area contributed by atoms with E-state index in [1.54, 1.807) is 6.92 Å². The van der Waals surface area contributed by atoms with Crippen LogP contribution < -0.4 is 5.32 Å². The van der Waals surface area contributed by atoms with Crippen LogP contribution in [0.15, 0.2) is 18.2 Å². The minimum atomic E-state index is -0.437. The quantitative estimate of drug-likeness (QED) is 0.708. The highest BCUT2D eigenvalue weighted by atomic mass is 16.3. The summed E-state index contributed by atoms with van der Waals surface area (Å²) in [4.78, 5) is 11.5. The highest BCUT2D eigenvalue weighted by molar-refractivity contribution is 5.95. The van der Waals surface area contributed by atoms with Crippen molar-refractivity contribution in [2.45, 2.75) is 6.92 Å². The summed E-state index contributed by atoms with van der Waals surface area (Å²) >= 11 is 0. The Morgan fingerprint density at radius 3 is 2.50 bits per heavy atom. The van der Waals surface area contributed by atoms with Gasteiger partial charge in [0.25, 0.3) is 5.91 Å². The number of nitrogens with zero attached hydrogens (tertiary/aromatic N) is 1. The second-order valence-corrected chi connectivity index (χ2v) is 3.48. The monoisotopic (exact) mass is 220 g/mol. The average molecular weight is 220 g/mol. The van der Waals surface area contributed by atoms with Crippen molar-refractivity contribution in [1.29, 1.82) is 5.26 Å². The zero-order valence-electron chi connectivity index (χ0n) is 8.77. The van der Waals surface area contributed by atoms with E-state index in [4.69, 9.17) is 5.26 Å². The number of aromatic hydroxyl groups is 2. The van der Waals surface area contributed by atoms with Crippen LogP contribution >= 0.6 is 0 Å². The van der Waals surface area contributed by atoms with Crippen molar-refractivity contribution in [3.8, 4) is 17.6 Å². The van der Waals surface area contributed by atoms with Crippen molar-refractivity contribution in [2.75, 3.05) is 6.54 Å². The molecule has 0 fully saturated rings. The van der Waals surface area contributed by atoms with Gasteiger partial charge in [0.1, 0.15) is 11.5 Å². The van der Waals surface area contributed by atoms with E-state index < -0.39 is 5.91 Å². The fraction of sp³-hybridized carbons (Fsp3) is 0.273. The Labute approximate surface area is 92.9 Å². The van der Waals surface area contributed by atoms with Crippen molar-refractivity contribution in [3.05, 3.63) is 23.8 Å². The van der Waals surface area contributed by atoms with Gasteiger partial charge in [0.05, 0.1) is 12.0 Å². The van der Waals surface area contributed by atoms with E-state index in [-0.39, 0.29) is 29.5 Å². The van der Waals surface area contributed by atoms with Gasteiger partial charge in [-0.3, -0.25) is 4.79 Å². The van der Waals surface area contributed by atoms with Gasteiger partial charge in [0.2, 0.25) is 0 Å². The molecule has 0 saturated heterocycles. The predicted molar refractivity (Wildman–Crippen MR) is 56.9 cm³/mol. The smallest absolute Gasteiger partial charge is 0.251 e. The molecule has 1 rings (SSSR count). The Hall–Kier alpha value is -2.22. The normalized spacial score (nSPS) is 11.5. The summed E-state index contributed by atoms with van der Waals surface area (Å²) in [7, 11) is 0. The van der Waals surface area contributed by atoms with Gasteiger partial charge in [-0.25, -0.2) is 0 Å². The van der Waals surface area contributed by atoms with Crippen molar-refractivity contribution in [2.24, 2.45) is 5.92 Å². The lowest BCUT2D eigenvalue weighted by atomic mass is 10.1. The topological polar surface area (TPSA) is 93.4 Å². The van der Waals surface area contributed by atoms with E-state index in [2.05, 4.69) is 5.32 Å². The molecule has 1 amide bonds. The van der Waals surface area contributed by atoms with E-state index >= 15 is 0 Å². The van der Waals surface area contributed by atoms with Crippen molar-refractivity contribution in [3.63, 3.8) is 0 Å². The molecule has 0 aromatic heterocycles. The standard InChI is InChI=1S/C11H12N2O3/c1-7(5-12)6-13-11(16)8-2-9(14)4-10(15)3-8/h2-4,7,14-15H,6H2,1H3,(H,13,16). The first-order valence-electron chi connectivity index (χ1n) is 4.73. The summed E-state index contributed by atoms with van der Waals surface area (Å²) in [6.07, 6.45) is 0. The summed E-state index contributed by atoms with van der Waals surface area (Å²) in [5.41, 5.74) is 0.155. The molecular weight excluding hydrogens is 208 g/mol. The number of hydrogen-bond donors (Lipinski definition) is 3. The molecule has 1 aromatic rings. The first-order valence-corrected chi connectivity index (χ1v) is 4.73. The number of hydrogen-bond acceptors (Lipinski definition) is 4. The number of carbonyl (C=O) groups is 1. The first-order chi connectivity index (χ1) is 7.52. The lowest BCUT2D eigenvalue weighted by Crippen LogP contribution is -2.27. The maximum absolute atomic E-state index is 11.5. The third-order valence-corrected chi connectivity index (χ3v) is 1.95. The van der Waals surface area contributed by atoms with Gasteiger partial charge in [0.15, 0.2) is 0 Å². The molecule has 3 N–H and O–H groups in total. The number of nitriles is 1. The fourth-order valence-electron chi connectivity index (χ4n) is 1.12. The third kappa shape index (κ3) is 3.17. The summed E-state index contributed by atoms with van der Waals surface area (Å²) in [6.45, 7) is 1.91. The molecule has 0 aliphatic rings. The van der Waals surface area contributed by atoms with Crippen LogP contribution in [0.3, 0.4) is 0 Å². The molecule has 0 radical (unpaired) electrons. The van der Waals surface area contributed by atoms with E-state index in [1.165, 1.54) is 12.1 Å². The molecule has 1 unspecified atom stereocenters. The number of phenols is 2. The van der Waals surface area contributed by atoms with E-state index in [9.17, 15) is 15.0 Å². The predicted octanol–water partition coefficient (Wildman–Crippen LogP) is 0.987. The van der Waals surface area contributed by atoms with Crippen LogP contribution in [-0.4, -0.2) is 22.7 Å². The van der Waals surface area contributed by atoms with Crippen molar-refractivity contribution < 1.29 is 15.0 Å². The van der Waals surface area contributed by atoms with Gasteiger partial charge in [-0.15, -0.1) is 0 Å². The number of carbonyl (C=O) groups excluding carboxylic acids is 1. The molecule has 0 spiro atoms. The lowest BCUT2D eigenvalue weighted by Gasteiger charge is -2.06. The van der Waals surface area contributed by atoms with E-state index in [0.717, 1.165) is 6.07 Å². The van der Waals surface area contributed by atoms with Gasteiger partial charge >= 0.3 is 0 Å². The molecule has 84 valence electrons. The second-order valence-electron chi connectivity index (χ2n) is 3.48. The number of amides is 1. The van der Waals surface area contributed by atoms with Crippen LogP contribution in [0.2, 0.25) is 0 Å². The highest BCUT2D eigenvalue weighted by Crippen LogP contribution is 2.20. The summed E-state index contributed by atoms with van der Waals surface area (Å²) < 4.78 is 0. The minimum absolute atomic E-state index is 0.155. The molecule has 0 bridgehead atoms. The Morgan fingerprint density at radius 2 is 2.00 bits per heavy atom. The van der Waals surface area contributed by atoms with E-state index in [1.807, 2.05) is 6.07 Å². The van der Waals surface area contributed by atoms with Gasteiger partial charge in [0, 0.05) is 18.2 Å². The van der Waals surface area contributed by atoms with Crippen LogP contribution in [0.25, 0.3) is 0 Å². The SMILES string of the molecule is CC(C#N)CNC(=O)c1cc(O)cc(O)c1. The Balaban J connectivity index is 2.70. The summed E-state index contributed by atoms with van der Waals surface area (Å²) in [5.74, 6) is -1.08. The Bertz CT molecular complexity index is 417. The van der Waals surface area contributed by atoms with Crippen LogP contribution in [0.1, 0.15) is 17.3 Å². The third-order valence-electron chi connectivity index (χ3n) is 1.95. The average Bonchev–Trinajstić information content (AvgIpc) is 2.23. The lowest BCUT2D eigenvalue weighted by molar-refractivity contribution is 0.0950. The Kier molecular flexibility index (Phi) is 3.72. The zero-order valence-corrected chi connectivity index (χ0v) is 8.77. The highest BCUT2D eigenvalue weighted by Gasteiger charge is 2.09. The first kappa shape index (κ1) is 11.9. The minimum Gasteiger partial charge on any atom is -0.508 e. The zero-order chi connectivity index (χ0) is 12.1. The molecule has 0 saturated carbocycles. The van der Waals surface area contributed by atoms with Gasteiger partial charge < -0.3 is 15.5 Å². The number of benzene rings is 1. The van der Waals surface area contributed by atoms with Crippen molar-refractivity contribution in [1.82, 2.24) is 5.32 Å². The van der Waals surface area contributed by atoms with Crippen LogP contribution in [0.5, 0.6) is 11.5 Å². The number of rotatable bonds is 3. The molecule has 0 aliphatic heterocycles. The Morgan fingerprint density at radius 1 is 1.44 bits per heavy atom.